The number of imidazole rings is 1. The molecule has 1 aromatic carbocycles. The Labute approximate surface area is 108 Å². The van der Waals surface area contributed by atoms with Gasteiger partial charge in [-0.05, 0) is 31.9 Å². The number of nitrogens with two attached hydrogens (primary N) is 1. The van der Waals surface area contributed by atoms with Gasteiger partial charge in [-0.1, -0.05) is 25.5 Å². The lowest BCUT2D eigenvalue weighted by Crippen LogP contribution is -2.40. The van der Waals surface area contributed by atoms with Crippen LogP contribution in [0.2, 0.25) is 0 Å². The Bertz CT molecular complexity index is 572. The topological polar surface area (TPSA) is 43.8 Å². The van der Waals surface area contributed by atoms with Gasteiger partial charge in [-0.3, -0.25) is 0 Å². The molecule has 0 spiro atoms. The molecule has 18 heavy (non-hydrogen) atoms. The van der Waals surface area contributed by atoms with Gasteiger partial charge in [0.15, 0.2) is 0 Å². The van der Waals surface area contributed by atoms with Crippen molar-refractivity contribution in [2.45, 2.75) is 51.1 Å². The molecule has 2 N–H and O–H groups in total. The van der Waals surface area contributed by atoms with E-state index in [0.29, 0.717) is 0 Å². The highest BCUT2D eigenvalue weighted by molar-refractivity contribution is 5.76. The average Bonchev–Trinajstić information content (AvgIpc) is 2.91. The van der Waals surface area contributed by atoms with E-state index in [2.05, 4.69) is 42.7 Å². The van der Waals surface area contributed by atoms with Crippen LogP contribution in [0.15, 0.2) is 24.3 Å². The standard InChI is InChI=1S/C15H21N3/c1-3-18-12-8-5-4-7-11(12)17-14(18)15(2)10-6-9-13(15)16/h4-5,7-8,13H,3,6,9-10,16H2,1-2H3. The summed E-state index contributed by atoms with van der Waals surface area (Å²) in [7, 11) is 0. The predicted molar refractivity (Wildman–Crippen MR) is 74.6 cm³/mol. The maximum atomic E-state index is 6.34. The average molecular weight is 243 g/mol. The summed E-state index contributed by atoms with van der Waals surface area (Å²) < 4.78 is 2.33. The molecular formula is C15H21N3. The lowest BCUT2D eigenvalue weighted by atomic mass is 9.84. The van der Waals surface area contributed by atoms with Gasteiger partial charge in [0.05, 0.1) is 11.0 Å². The molecule has 3 heteroatoms. The summed E-state index contributed by atoms with van der Waals surface area (Å²) in [5.41, 5.74) is 8.70. The Kier molecular flexibility index (Phi) is 2.67. The van der Waals surface area contributed by atoms with Crippen LogP contribution in [-0.2, 0) is 12.0 Å². The van der Waals surface area contributed by atoms with E-state index >= 15 is 0 Å². The molecule has 3 nitrogen and oxygen atoms in total. The smallest absolute Gasteiger partial charge is 0.117 e. The highest BCUT2D eigenvalue weighted by Gasteiger charge is 2.41. The van der Waals surface area contributed by atoms with Gasteiger partial charge in [-0.15, -0.1) is 0 Å². The first-order valence-corrected chi connectivity index (χ1v) is 6.88. The van der Waals surface area contributed by atoms with Crippen molar-refractivity contribution in [1.29, 1.82) is 0 Å². The van der Waals surface area contributed by atoms with Crippen LogP contribution in [-0.4, -0.2) is 15.6 Å². The Morgan fingerprint density at radius 1 is 1.44 bits per heavy atom. The predicted octanol–water partition coefficient (Wildman–Crippen LogP) is 2.83. The van der Waals surface area contributed by atoms with E-state index in [1.165, 1.54) is 17.8 Å². The highest BCUT2D eigenvalue weighted by atomic mass is 15.1. The second-order valence-electron chi connectivity index (χ2n) is 5.58. The van der Waals surface area contributed by atoms with Gasteiger partial charge in [-0.25, -0.2) is 4.98 Å². The van der Waals surface area contributed by atoms with Crippen LogP contribution in [0.3, 0.4) is 0 Å². The number of aromatic nitrogens is 2. The van der Waals surface area contributed by atoms with Crippen molar-refractivity contribution in [2.75, 3.05) is 0 Å². The first-order chi connectivity index (χ1) is 8.66. The lowest BCUT2D eigenvalue weighted by molar-refractivity contribution is 0.389. The number of aryl methyl sites for hydroxylation is 1. The van der Waals surface area contributed by atoms with Gasteiger partial charge in [0, 0.05) is 18.0 Å². The lowest BCUT2D eigenvalue weighted by Gasteiger charge is -2.29. The first kappa shape index (κ1) is 11.7. The fraction of sp³-hybridized carbons (Fsp3) is 0.533. The molecule has 0 radical (unpaired) electrons. The van der Waals surface area contributed by atoms with Crippen molar-refractivity contribution in [3.8, 4) is 0 Å². The van der Waals surface area contributed by atoms with E-state index in [-0.39, 0.29) is 11.5 Å². The minimum Gasteiger partial charge on any atom is -0.328 e. The normalized spacial score (nSPS) is 28.1. The summed E-state index contributed by atoms with van der Waals surface area (Å²) in [6.45, 7) is 5.41. The van der Waals surface area contributed by atoms with Crippen LogP contribution < -0.4 is 5.73 Å². The maximum absolute atomic E-state index is 6.34. The summed E-state index contributed by atoms with van der Waals surface area (Å²) in [6.07, 6.45) is 3.48. The van der Waals surface area contributed by atoms with Crippen molar-refractivity contribution in [3.05, 3.63) is 30.1 Å². The molecule has 1 aliphatic rings. The molecule has 3 rings (SSSR count). The van der Waals surface area contributed by atoms with Crippen molar-refractivity contribution in [1.82, 2.24) is 9.55 Å². The van der Waals surface area contributed by atoms with E-state index in [1.807, 2.05) is 0 Å². The third-order valence-electron chi connectivity index (χ3n) is 4.51. The molecule has 96 valence electrons. The van der Waals surface area contributed by atoms with Crippen LogP contribution in [0.4, 0.5) is 0 Å². The third-order valence-corrected chi connectivity index (χ3v) is 4.51. The van der Waals surface area contributed by atoms with Crippen molar-refractivity contribution >= 4 is 11.0 Å². The van der Waals surface area contributed by atoms with Crippen molar-refractivity contribution < 1.29 is 0 Å². The highest BCUT2D eigenvalue weighted by Crippen LogP contribution is 2.40. The number of fused-ring (bicyclic) bond motifs is 1. The summed E-state index contributed by atoms with van der Waals surface area (Å²) in [6, 6.07) is 8.61. The van der Waals surface area contributed by atoms with Crippen molar-refractivity contribution in [2.24, 2.45) is 5.73 Å². The number of benzene rings is 1. The van der Waals surface area contributed by atoms with Gasteiger partial charge in [0.2, 0.25) is 0 Å². The molecule has 0 saturated heterocycles. The zero-order valence-electron chi connectivity index (χ0n) is 11.2. The monoisotopic (exact) mass is 243 g/mol. The van der Waals surface area contributed by atoms with E-state index in [0.717, 1.165) is 24.9 Å². The number of para-hydroxylation sites is 2. The number of nitrogens with zero attached hydrogens (tertiary/aromatic N) is 2. The summed E-state index contributed by atoms with van der Waals surface area (Å²) in [5.74, 6) is 1.18. The van der Waals surface area contributed by atoms with E-state index in [9.17, 15) is 0 Å². The minimum absolute atomic E-state index is 0.0367. The maximum Gasteiger partial charge on any atom is 0.117 e. The molecule has 1 fully saturated rings. The molecular weight excluding hydrogens is 222 g/mol. The molecule has 2 aromatic rings. The number of hydrogen-bond donors (Lipinski definition) is 1. The Hall–Kier alpha value is -1.35. The Morgan fingerprint density at radius 3 is 2.89 bits per heavy atom. The van der Waals surface area contributed by atoms with Gasteiger partial charge < -0.3 is 10.3 Å². The molecule has 0 amide bonds. The molecule has 2 unspecified atom stereocenters. The summed E-state index contributed by atoms with van der Waals surface area (Å²) >= 11 is 0. The van der Waals surface area contributed by atoms with Crippen LogP contribution in [0.5, 0.6) is 0 Å². The second-order valence-corrected chi connectivity index (χ2v) is 5.58. The molecule has 0 bridgehead atoms. The SMILES string of the molecule is CCn1c(C2(C)CCCC2N)nc2ccccc21. The largest absolute Gasteiger partial charge is 0.328 e. The van der Waals surface area contributed by atoms with Gasteiger partial charge in [-0.2, -0.15) is 0 Å². The first-order valence-electron chi connectivity index (χ1n) is 6.88. The fourth-order valence-electron chi connectivity index (χ4n) is 3.30. The zero-order chi connectivity index (χ0) is 12.8. The third kappa shape index (κ3) is 1.50. The fourth-order valence-corrected chi connectivity index (χ4v) is 3.30. The van der Waals surface area contributed by atoms with Gasteiger partial charge in [0.25, 0.3) is 0 Å². The molecule has 0 aliphatic heterocycles. The van der Waals surface area contributed by atoms with E-state index in [1.54, 1.807) is 0 Å². The number of hydrogen-bond acceptors (Lipinski definition) is 2. The van der Waals surface area contributed by atoms with Gasteiger partial charge >= 0.3 is 0 Å². The molecule has 2 atom stereocenters. The molecule has 1 heterocycles. The summed E-state index contributed by atoms with van der Waals surface area (Å²) in [5, 5.41) is 0. The Balaban J connectivity index is 2.22. The number of rotatable bonds is 2. The Morgan fingerprint density at radius 2 is 2.22 bits per heavy atom. The van der Waals surface area contributed by atoms with Crippen molar-refractivity contribution in [3.63, 3.8) is 0 Å². The second kappa shape index (κ2) is 4.09. The van der Waals surface area contributed by atoms with E-state index < -0.39 is 0 Å². The van der Waals surface area contributed by atoms with Crippen LogP contribution in [0.25, 0.3) is 11.0 Å². The summed E-state index contributed by atoms with van der Waals surface area (Å²) in [4.78, 5) is 4.87. The van der Waals surface area contributed by atoms with Gasteiger partial charge in [0.1, 0.15) is 5.82 Å². The van der Waals surface area contributed by atoms with Crippen LogP contribution in [0.1, 0.15) is 38.9 Å². The zero-order valence-corrected chi connectivity index (χ0v) is 11.2. The van der Waals surface area contributed by atoms with Crippen LogP contribution >= 0.6 is 0 Å². The molecule has 1 aliphatic carbocycles. The quantitative estimate of drug-likeness (QED) is 0.881. The minimum atomic E-state index is 0.0367. The van der Waals surface area contributed by atoms with E-state index in [4.69, 9.17) is 10.7 Å². The molecule has 1 saturated carbocycles. The molecule has 1 aromatic heterocycles. The van der Waals surface area contributed by atoms with Crippen LogP contribution in [0, 0.1) is 0 Å².